The highest BCUT2D eigenvalue weighted by atomic mass is 79.9. The van der Waals surface area contributed by atoms with Gasteiger partial charge in [0.25, 0.3) is 5.91 Å². The van der Waals surface area contributed by atoms with Crippen LogP contribution in [0.1, 0.15) is 15.4 Å². The van der Waals surface area contributed by atoms with Crippen molar-refractivity contribution in [3.8, 4) is 6.01 Å². The first-order valence-electron chi connectivity index (χ1n) is 5.46. The molecule has 100 valence electrons. The van der Waals surface area contributed by atoms with Crippen LogP contribution in [0.4, 0.5) is 0 Å². The molecule has 2 aromatic rings. The van der Waals surface area contributed by atoms with Gasteiger partial charge in [0, 0.05) is 22.6 Å². The van der Waals surface area contributed by atoms with Crippen molar-refractivity contribution in [3.63, 3.8) is 0 Å². The molecular formula is C12H12BrN3O2S. The van der Waals surface area contributed by atoms with Gasteiger partial charge in [0.2, 0.25) is 0 Å². The van der Waals surface area contributed by atoms with Gasteiger partial charge in [-0.2, -0.15) is 4.98 Å². The van der Waals surface area contributed by atoms with Crippen LogP contribution in [-0.4, -0.2) is 34.9 Å². The van der Waals surface area contributed by atoms with Crippen LogP contribution in [0, 0.1) is 0 Å². The lowest BCUT2D eigenvalue weighted by Gasteiger charge is -2.16. The number of halogens is 1. The molecule has 0 bridgehead atoms. The van der Waals surface area contributed by atoms with Gasteiger partial charge in [0.05, 0.1) is 13.7 Å². The Morgan fingerprint density at radius 2 is 2.32 bits per heavy atom. The van der Waals surface area contributed by atoms with Gasteiger partial charge in [-0.15, -0.1) is 11.3 Å². The normalized spacial score (nSPS) is 10.3. The second kappa shape index (κ2) is 6.12. The van der Waals surface area contributed by atoms with Crippen molar-refractivity contribution in [1.82, 2.24) is 14.9 Å². The maximum absolute atomic E-state index is 12.2. The minimum absolute atomic E-state index is 0.166. The maximum atomic E-state index is 12.2. The van der Waals surface area contributed by atoms with Crippen LogP contribution in [0.3, 0.4) is 0 Å². The quantitative estimate of drug-likeness (QED) is 0.857. The van der Waals surface area contributed by atoms with Gasteiger partial charge in [-0.05, 0) is 33.4 Å². The molecule has 19 heavy (non-hydrogen) atoms. The molecule has 0 fully saturated rings. The minimum Gasteiger partial charge on any atom is -0.467 e. The molecule has 7 heteroatoms. The summed E-state index contributed by atoms with van der Waals surface area (Å²) in [6.45, 7) is 0.531. The molecule has 5 nitrogen and oxygen atoms in total. The number of aromatic nitrogens is 2. The van der Waals surface area contributed by atoms with E-state index >= 15 is 0 Å². The number of methoxy groups -OCH3 is 1. The molecule has 0 aromatic carbocycles. The predicted molar refractivity (Wildman–Crippen MR) is 76.4 cm³/mol. The Bertz CT molecular complexity index is 588. The molecule has 0 spiro atoms. The third-order valence-electron chi connectivity index (χ3n) is 2.45. The molecule has 2 rings (SSSR count). The highest BCUT2D eigenvalue weighted by molar-refractivity contribution is 9.10. The van der Waals surface area contributed by atoms with E-state index in [0.717, 1.165) is 9.35 Å². The van der Waals surface area contributed by atoms with Gasteiger partial charge < -0.3 is 9.64 Å². The molecule has 2 aromatic heterocycles. The van der Waals surface area contributed by atoms with Crippen LogP contribution >= 0.6 is 27.3 Å². The summed E-state index contributed by atoms with van der Waals surface area (Å²) >= 11 is 5.05. The SMILES string of the molecule is COc1nccc(C(=O)N(C)Cc2sccc2Br)n1. The van der Waals surface area contributed by atoms with E-state index in [0.29, 0.717) is 12.2 Å². The minimum atomic E-state index is -0.166. The summed E-state index contributed by atoms with van der Waals surface area (Å²) < 4.78 is 5.92. The van der Waals surface area contributed by atoms with E-state index in [-0.39, 0.29) is 11.9 Å². The first kappa shape index (κ1) is 14.0. The number of nitrogens with zero attached hydrogens (tertiary/aromatic N) is 3. The van der Waals surface area contributed by atoms with Crippen molar-refractivity contribution < 1.29 is 9.53 Å². The summed E-state index contributed by atoms with van der Waals surface area (Å²) in [6, 6.07) is 3.73. The number of ether oxygens (including phenoxy) is 1. The maximum Gasteiger partial charge on any atom is 0.316 e. The lowest BCUT2D eigenvalue weighted by atomic mass is 10.3. The molecule has 0 radical (unpaired) electrons. The van der Waals surface area contributed by atoms with Crippen LogP contribution in [0.2, 0.25) is 0 Å². The second-order valence-corrected chi connectivity index (χ2v) is 5.64. The number of thiophene rings is 1. The zero-order chi connectivity index (χ0) is 13.8. The summed E-state index contributed by atoms with van der Waals surface area (Å²) in [5.74, 6) is -0.166. The predicted octanol–water partition coefficient (Wildman–Crippen LogP) is 2.58. The number of carbonyl (C=O) groups is 1. The van der Waals surface area contributed by atoms with Gasteiger partial charge in [0.1, 0.15) is 5.69 Å². The smallest absolute Gasteiger partial charge is 0.316 e. The van der Waals surface area contributed by atoms with E-state index in [1.54, 1.807) is 29.4 Å². The summed E-state index contributed by atoms with van der Waals surface area (Å²) in [4.78, 5) is 22.8. The molecule has 0 aliphatic heterocycles. The van der Waals surface area contributed by atoms with Crippen LogP contribution in [0.5, 0.6) is 6.01 Å². The first-order valence-corrected chi connectivity index (χ1v) is 7.13. The Kier molecular flexibility index (Phi) is 4.49. The van der Waals surface area contributed by atoms with E-state index in [1.165, 1.54) is 13.3 Å². The van der Waals surface area contributed by atoms with E-state index in [9.17, 15) is 4.79 Å². The van der Waals surface area contributed by atoms with Gasteiger partial charge in [-0.3, -0.25) is 4.79 Å². The number of rotatable bonds is 4. The number of amides is 1. The Morgan fingerprint density at radius 3 is 2.95 bits per heavy atom. The van der Waals surface area contributed by atoms with Gasteiger partial charge >= 0.3 is 6.01 Å². The number of hydrogen-bond donors (Lipinski definition) is 0. The van der Waals surface area contributed by atoms with Gasteiger partial charge in [0.15, 0.2) is 0 Å². The molecule has 1 amide bonds. The standard InChI is InChI=1S/C12H12BrN3O2S/c1-16(7-10-8(13)4-6-19-10)11(17)9-3-5-14-12(15-9)18-2/h3-6H,7H2,1-2H3. The van der Waals surface area contributed by atoms with Crippen molar-refractivity contribution in [1.29, 1.82) is 0 Å². The van der Waals surface area contributed by atoms with Crippen LogP contribution in [0.25, 0.3) is 0 Å². The number of hydrogen-bond acceptors (Lipinski definition) is 5. The zero-order valence-corrected chi connectivity index (χ0v) is 12.9. The fourth-order valence-corrected chi connectivity index (χ4v) is 3.01. The van der Waals surface area contributed by atoms with Gasteiger partial charge in [-0.1, -0.05) is 0 Å². The topological polar surface area (TPSA) is 55.3 Å². The second-order valence-electron chi connectivity index (χ2n) is 3.78. The highest BCUT2D eigenvalue weighted by Gasteiger charge is 2.16. The lowest BCUT2D eigenvalue weighted by molar-refractivity contribution is 0.0779. The first-order chi connectivity index (χ1) is 9.11. The Morgan fingerprint density at radius 1 is 1.53 bits per heavy atom. The molecular weight excluding hydrogens is 330 g/mol. The van der Waals surface area contributed by atoms with E-state index < -0.39 is 0 Å². The van der Waals surface area contributed by atoms with Crippen molar-refractivity contribution >= 4 is 33.2 Å². The molecule has 0 saturated carbocycles. The molecule has 0 aliphatic rings. The molecule has 0 atom stereocenters. The third kappa shape index (κ3) is 3.30. The van der Waals surface area contributed by atoms with Gasteiger partial charge in [-0.25, -0.2) is 4.98 Å². The summed E-state index contributed by atoms with van der Waals surface area (Å²) in [6.07, 6.45) is 1.51. The Labute approximate surface area is 123 Å². The zero-order valence-electron chi connectivity index (χ0n) is 10.5. The molecule has 0 N–H and O–H groups in total. The lowest BCUT2D eigenvalue weighted by Crippen LogP contribution is -2.26. The average Bonchev–Trinajstić information content (AvgIpc) is 2.83. The summed E-state index contributed by atoms with van der Waals surface area (Å²) in [5, 5.41) is 1.98. The molecule has 0 aliphatic carbocycles. The highest BCUT2D eigenvalue weighted by Crippen LogP contribution is 2.24. The monoisotopic (exact) mass is 341 g/mol. The van der Waals surface area contributed by atoms with Crippen LogP contribution in [-0.2, 0) is 6.54 Å². The third-order valence-corrected chi connectivity index (χ3v) is 4.36. The van der Waals surface area contributed by atoms with Crippen LogP contribution < -0.4 is 4.74 Å². The Balaban J connectivity index is 2.12. The van der Waals surface area contributed by atoms with Crippen LogP contribution in [0.15, 0.2) is 28.2 Å². The fourth-order valence-electron chi connectivity index (χ4n) is 1.48. The van der Waals surface area contributed by atoms with Crippen molar-refractivity contribution in [2.45, 2.75) is 6.54 Å². The molecule has 2 heterocycles. The molecule has 0 unspecified atom stereocenters. The largest absolute Gasteiger partial charge is 0.467 e. The summed E-state index contributed by atoms with van der Waals surface area (Å²) in [5.41, 5.74) is 0.321. The average molecular weight is 342 g/mol. The summed E-state index contributed by atoms with van der Waals surface area (Å²) in [7, 11) is 3.21. The molecule has 0 saturated heterocycles. The fraction of sp³-hybridized carbons (Fsp3) is 0.250. The van der Waals surface area contributed by atoms with Crippen molar-refractivity contribution in [2.24, 2.45) is 0 Å². The number of carbonyl (C=O) groups excluding carboxylic acids is 1. The van der Waals surface area contributed by atoms with Crippen molar-refractivity contribution in [3.05, 3.63) is 38.8 Å². The Hall–Kier alpha value is -1.47. The van der Waals surface area contributed by atoms with E-state index in [2.05, 4.69) is 25.9 Å². The van der Waals surface area contributed by atoms with E-state index in [1.807, 2.05) is 11.4 Å². The van der Waals surface area contributed by atoms with E-state index in [4.69, 9.17) is 4.74 Å². The van der Waals surface area contributed by atoms with Crippen molar-refractivity contribution in [2.75, 3.05) is 14.2 Å².